The van der Waals surface area contributed by atoms with E-state index in [1.165, 1.54) is 45.9 Å². The highest BCUT2D eigenvalue weighted by Crippen LogP contribution is 2.28. The Morgan fingerprint density at radius 2 is 0.786 bits per heavy atom. The van der Waals surface area contributed by atoms with E-state index in [0.29, 0.717) is 5.75 Å². The molecule has 0 N–H and O–H groups in total. The maximum atomic E-state index is 10.8. The Kier molecular flexibility index (Phi) is 8.88. The fourth-order valence-electron chi connectivity index (χ4n) is 1.87. The molecule has 2 rings (SSSR count). The summed E-state index contributed by atoms with van der Waals surface area (Å²) in [6, 6.07) is 13.0. The highest BCUT2D eigenvalue weighted by Gasteiger charge is 2.09. The molecule has 0 aliphatic heterocycles. The predicted molar refractivity (Wildman–Crippen MR) is 98.1 cm³/mol. The normalized spacial score (nSPS) is 9.29. The van der Waals surface area contributed by atoms with Gasteiger partial charge in [-0.15, -0.1) is 0 Å². The molecule has 28 heavy (non-hydrogen) atoms. The van der Waals surface area contributed by atoms with Crippen molar-refractivity contribution in [1.29, 1.82) is 0 Å². The third-order valence-electron chi connectivity index (χ3n) is 2.64. The fraction of sp³-hybridized carbons (Fsp3) is 0.200. The lowest BCUT2D eigenvalue weighted by molar-refractivity contribution is -0.133. The smallest absolute Gasteiger partial charge is 0.308 e. The second-order valence-electron chi connectivity index (χ2n) is 5.33. The van der Waals surface area contributed by atoms with Crippen LogP contribution in [0.3, 0.4) is 0 Å². The zero-order valence-electron chi connectivity index (χ0n) is 15.9. The molecule has 8 heteroatoms. The van der Waals surface area contributed by atoms with E-state index < -0.39 is 17.9 Å². The quantitative estimate of drug-likeness (QED) is 0.581. The Hall–Kier alpha value is -3.68. The molecule has 148 valence electrons. The minimum absolute atomic E-state index is 0.123. The molecule has 0 aliphatic rings. The molecule has 0 saturated carbocycles. The molecule has 0 unspecified atom stereocenters. The van der Waals surface area contributed by atoms with Crippen LogP contribution in [0.4, 0.5) is 0 Å². The number of hydrogen-bond donors (Lipinski definition) is 0. The van der Waals surface area contributed by atoms with Crippen molar-refractivity contribution in [1.82, 2.24) is 0 Å². The van der Waals surface area contributed by atoms with E-state index in [0.717, 1.165) is 0 Å². The zero-order valence-corrected chi connectivity index (χ0v) is 15.9. The largest absolute Gasteiger partial charge is 0.427 e. The number of carbonyl (C=O) groups is 4. The second-order valence-corrected chi connectivity index (χ2v) is 5.33. The lowest BCUT2D eigenvalue weighted by atomic mass is 10.3. The van der Waals surface area contributed by atoms with Crippen molar-refractivity contribution < 1.29 is 38.1 Å². The Balaban J connectivity index is 0.000000330. The molecule has 0 aromatic heterocycles. The van der Waals surface area contributed by atoms with Gasteiger partial charge in [-0.05, 0) is 12.1 Å². The number of hydrogen-bond acceptors (Lipinski definition) is 8. The van der Waals surface area contributed by atoms with Crippen LogP contribution < -0.4 is 18.9 Å². The van der Waals surface area contributed by atoms with E-state index >= 15 is 0 Å². The molecule has 0 radical (unpaired) electrons. The van der Waals surface area contributed by atoms with E-state index in [9.17, 15) is 19.2 Å². The van der Waals surface area contributed by atoms with Crippen LogP contribution in [0.5, 0.6) is 23.0 Å². The minimum atomic E-state index is -0.538. The zero-order chi connectivity index (χ0) is 21.1. The average Bonchev–Trinajstić information content (AvgIpc) is 2.53. The Morgan fingerprint density at radius 3 is 1.07 bits per heavy atom. The Morgan fingerprint density at radius 1 is 0.500 bits per heavy atom. The van der Waals surface area contributed by atoms with Gasteiger partial charge in [-0.2, -0.15) is 0 Å². The Labute approximate surface area is 162 Å². The minimum Gasteiger partial charge on any atom is -0.427 e. The molecule has 2 aromatic rings. The monoisotopic (exact) mass is 388 g/mol. The number of carbonyl (C=O) groups excluding carboxylic acids is 4. The number of para-hydroxylation sites is 1. The molecule has 0 fully saturated rings. The van der Waals surface area contributed by atoms with Crippen molar-refractivity contribution in [3.8, 4) is 23.0 Å². The number of benzene rings is 2. The van der Waals surface area contributed by atoms with Gasteiger partial charge < -0.3 is 18.9 Å². The van der Waals surface area contributed by atoms with Crippen molar-refractivity contribution in [3.05, 3.63) is 48.5 Å². The van der Waals surface area contributed by atoms with Gasteiger partial charge in [0.05, 0.1) is 0 Å². The first-order valence-electron chi connectivity index (χ1n) is 8.09. The Bertz CT molecular complexity index is 759. The van der Waals surface area contributed by atoms with Crippen LogP contribution in [0, 0.1) is 0 Å². The summed E-state index contributed by atoms with van der Waals surface area (Å²) in [4.78, 5) is 42.9. The van der Waals surface area contributed by atoms with Crippen molar-refractivity contribution >= 4 is 23.9 Å². The maximum absolute atomic E-state index is 10.8. The molecule has 0 spiro atoms. The van der Waals surface area contributed by atoms with Gasteiger partial charge in [0.25, 0.3) is 0 Å². The van der Waals surface area contributed by atoms with Gasteiger partial charge in [-0.25, -0.2) is 0 Å². The molecular formula is C20H20O8. The van der Waals surface area contributed by atoms with Crippen LogP contribution in [-0.4, -0.2) is 23.9 Å². The number of ether oxygens (including phenoxy) is 4. The summed E-state index contributed by atoms with van der Waals surface area (Å²) < 4.78 is 19.3. The van der Waals surface area contributed by atoms with Crippen molar-refractivity contribution in [3.63, 3.8) is 0 Å². The van der Waals surface area contributed by atoms with Gasteiger partial charge in [-0.3, -0.25) is 19.2 Å². The topological polar surface area (TPSA) is 105 Å². The van der Waals surface area contributed by atoms with Crippen molar-refractivity contribution in [2.75, 3.05) is 0 Å². The third-order valence-corrected chi connectivity index (χ3v) is 2.64. The van der Waals surface area contributed by atoms with Gasteiger partial charge in [0, 0.05) is 45.9 Å². The van der Waals surface area contributed by atoms with Crippen molar-refractivity contribution in [2.45, 2.75) is 27.7 Å². The van der Waals surface area contributed by atoms with E-state index in [-0.39, 0.29) is 23.2 Å². The summed E-state index contributed by atoms with van der Waals surface area (Å²) in [5.41, 5.74) is 0. The average molecular weight is 388 g/mol. The number of rotatable bonds is 4. The van der Waals surface area contributed by atoms with E-state index in [2.05, 4.69) is 0 Å². The van der Waals surface area contributed by atoms with Crippen LogP contribution in [0.1, 0.15) is 27.7 Å². The molecule has 8 nitrogen and oxygen atoms in total. The summed E-state index contributed by atoms with van der Waals surface area (Å²) in [7, 11) is 0. The van der Waals surface area contributed by atoms with E-state index in [1.807, 2.05) is 18.2 Å². The van der Waals surface area contributed by atoms with Gasteiger partial charge in [-0.1, -0.05) is 18.2 Å². The van der Waals surface area contributed by atoms with Gasteiger partial charge in [0.2, 0.25) is 0 Å². The summed E-state index contributed by atoms with van der Waals surface area (Å²) in [5.74, 6) is -0.940. The molecule has 0 bridgehead atoms. The summed E-state index contributed by atoms with van der Waals surface area (Å²) in [6.45, 7) is 5.06. The fourth-order valence-corrected chi connectivity index (χ4v) is 1.87. The van der Waals surface area contributed by atoms with E-state index in [4.69, 9.17) is 18.9 Å². The first kappa shape index (κ1) is 22.4. The molecule has 0 amide bonds. The van der Waals surface area contributed by atoms with Crippen LogP contribution in [0.15, 0.2) is 48.5 Å². The molecule has 0 aliphatic carbocycles. The molecule has 0 heterocycles. The van der Waals surface area contributed by atoms with Crippen LogP contribution in [-0.2, 0) is 19.2 Å². The highest BCUT2D eigenvalue weighted by molar-refractivity contribution is 5.73. The van der Waals surface area contributed by atoms with Crippen LogP contribution in [0.2, 0.25) is 0 Å². The molecule has 2 aromatic carbocycles. The van der Waals surface area contributed by atoms with Crippen LogP contribution >= 0.6 is 0 Å². The molecule has 0 atom stereocenters. The molecule has 0 saturated heterocycles. The van der Waals surface area contributed by atoms with E-state index in [1.54, 1.807) is 12.1 Å². The molecular weight excluding hydrogens is 368 g/mol. The lowest BCUT2D eigenvalue weighted by Gasteiger charge is -2.08. The SMILES string of the molecule is CC(=O)Oc1cc(OC(C)=O)cc(OC(C)=O)c1.CC(=O)Oc1ccccc1. The van der Waals surface area contributed by atoms with Gasteiger partial charge in [0.15, 0.2) is 0 Å². The summed E-state index contributed by atoms with van der Waals surface area (Å²) in [6.07, 6.45) is 0. The lowest BCUT2D eigenvalue weighted by Crippen LogP contribution is -2.06. The summed E-state index contributed by atoms with van der Waals surface area (Å²) >= 11 is 0. The third kappa shape index (κ3) is 9.71. The van der Waals surface area contributed by atoms with Crippen LogP contribution in [0.25, 0.3) is 0 Å². The standard InChI is InChI=1S/C12H12O6.C8H8O2/c1-7(13)16-10-4-11(17-8(2)14)6-12(5-10)18-9(3)15;1-7(9)10-8-5-3-2-4-6-8/h4-6H,1-3H3;2-6H,1H3. The van der Waals surface area contributed by atoms with Gasteiger partial charge in [0.1, 0.15) is 23.0 Å². The maximum Gasteiger partial charge on any atom is 0.308 e. The van der Waals surface area contributed by atoms with Gasteiger partial charge >= 0.3 is 23.9 Å². The summed E-state index contributed by atoms with van der Waals surface area (Å²) in [5, 5.41) is 0. The number of esters is 4. The predicted octanol–water partition coefficient (Wildman–Crippen LogP) is 3.07. The first-order chi connectivity index (χ1) is 13.2. The second kappa shape index (κ2) is 11.1. The highest BCUT2D eigenvalue weighted by atomic mass is 16.6. The first-order valence-corrected chi connectivity index (χ1v) is 8.09. The van der Waals surface area contributed by atoms with Crippen molar-refractivity contribution in [2.24, 2.45) is 0 Å².